The number of hydrogen-bond donors (Lipinski definition) is 2. The van der Waals surface area contributed by atoms with Crippen LogP contribution in [0.25, 0.3) is 0 Å². The third-order valence-electron chi connectivity index (χ3n) is 2.88. The Morgan fingerprint density at radius 1 is 1.25 bits per heavy atom. The molecule has 0 aliphatic carbocycles. The number of aryl methyl sites for hydroxylation is 3. The molecule has 0 spiro atoms. The van der Waals surface area contributed by atoms with Gasteiger partial charge in [0, 0.05) is 11.8 Å². The number of sulfonamides is 1. The summed E-state index contributed by atoms with van der Waals surface area (Å²) in [7, 11) is -3.83. The van der Waals surface area contributed by atoms with Gasteiger partial charge in [-0.05, 0) is 32.4 Å². The highest BCUT2D eigenvalue weighted by Crippen LogP contribution is 2.28. The number of rotatable bonds is 4. The minimum absolute atomic E-state index is 0.0148. The first-order chi connectivity index (χ1) is 9.35. The first-order valence-corrected chi connectivity index (χ1v) is 7.47. The van der Waals surface area contributed by atoms with Crippen LogP contribution in [0.4, 0.5) is 5.69 Å². The highest BCUT2D eigenvalue weighted by atomic mass is 32.2. The molecule has 2 aromatic heterocycles. The van der Waals surface area contributed by atoms with Gasteiger partial charge in [-0.15, -0.1) is 0 Å². The van der Waals surface area contributed by atoms with Crippen LogP contribution in [0.5, 0.6) is 0 Å². The zero-order valence-electron chi connectivity index (χ0n) is 11.5. The Kier molecular flexibility index (Phi) is 3.82. The molecule has 2 N–H and O–H groups in total. The molecular weight excluding hydrogens is 280 g/mol. The second-order valence-corrected chi connectivity index (χ2v) is 6.16. The van der Waals surface area contributed by atoms with E-state index in [1.165, 1.54) is 6.20 Å². The predicted octanol–water partition coefficient (Wildman–Crippen LogP) is 1.89. The Morgan fingerprint density at radius 3 is 2.55 bits per heavy atom. The Bertz CT molecular complexity index is 735. The van der Waals surface area contributed by atoms with Crippen LogP contribution in [-0.4, -0.2) is 18.5 Å². The molecule has 0 atom stereocenters. The van der Waals surface area contributed by atoms with Crippen LogP contribution in [0.1, 0.15) is 22.6 Å². The van der Waals surface area contributed by atoms with Gasteiger partial charge in [-0.1, -0.05) is 0 Å². The number of furan rings is 1. The second-order valence-electron chi connectivity index (χ2n) is 4.54. The molecule has 6 nitrogen and oxygen atoms in total. The molecule has 0 aromatic carbocycles. The summed E-state index contributed by atoms with van der Waals surface area (Å²) in [5.74, 6) is 0.646. The van der Waals surface area contributed by atoms with E-state index in [4.69, 9.17) is 4.42 Å². The summed E-state index contributed by atoms with van der Waals surface area (Å²) in [6, 6.07) is 1.67. The predicted molar refractivity (Wildman–Crippen MR) is 73.9 cm³/mol. The van der Waals surface area contributed by atoms with Gasteiger partial charge >= 0.3 is 0 Å². The van der Waals surface area contributed by atoms with Gasteiger partial charge in [0.1, 0.15) is 16.4 Å². The van der Waals surface area contributed by atoms with E-state index in [0.29, 0.717) is 11.4 Å². The van der Waals surface area contributed by atoms with Crippen LogP contribution in [-0.2, 0) is 16.6 Å². The molecule has 2 heterocycles. The molecule has 0 radical (unpaired) electrons. The number of hydrogen-bond acceptors (Lipinski definition) is 5. The van der Waals surface area contributed by atoms with Gasteiger partial charge in [-0.25, -0.2) is 8.42 Å². The van der Waals surface area contributed by atoms with E-state index >= 15 is 0 Å². The van der Waals surface area contributed by atoms with Crippen molar-refractivity contribution in [3.8, 4) is 0 Å². The van der Waals surface area contributed by atoms with Crippen molar-refractivity contribution in [2.24, 2.45) is 0 Å². The molecule has 20 heavy (non-hydrogen) atoms. The quantitative estimate of drug-likeness (QED) is 0.899. The van der Waals surface area contributed by atoms with Crippen LogP contribution in [0.3, 0.4) is 0 Å². The zero-order chi connectivity index (χ0) is 14.9. The molecule has 2 aromatic rings. The Balaban J connectivity index is 2.46. The van der Waals surface area contributed by atoms with Gasteiger partial charge in [-0.3, -0.25) is 9.71 Å². The fraction of sp³-hybridized carbons (Fsp3) is 0.308. The molecule has 0 saturated carbocycles. The van der Waals surface area contributed by atoms with E-state index < -0.39 is 16.6 Å². The molecule has 108 valence electrons. The Hall–Kier alpha value is -1.86. The standard InChI is InChI=1S/C13H16N2O4S/c1-8-4-11(6-14-5-8)15-20(17,18)13-10(3)19-9(2)12(13)7-16/h4-6,15-16H,7H2,1-3H3. The molecule has 2 rings (SSSR count). The van der Waals surface area contributed by atoms with Crippen molar-refractivity contribution < 1.29 is 17.9 Å². The van der Waals surface area contributed by atoms with Crippen LogP contribution in [0, 0.1) is 20.8 Å². The summed E-state index contributed by atoms with van der Waals surface area (Å²) in [6.45, 7) is 4.59. The first-order valence-electron chi connectivity index (χ1n) is 5.99. The van der Waals surface area contributed by atoms with Gasteiger partial charge in [0.2, 0.25) is 0 Å². The number of nitrogens with one attached hydrogen (secondary N) is 1. The van der Waals surface area contributed by atoms with E-state index in [2.05, 4.69) is 9.71 Å². The van der Waals surface area contributed by atoms with E-state index in [-0.39, 0.29) is 16.2 Å². The van der Waals surface area contributed by atoms with Gasteiger partial charge in [0.15, 0.2) is 0 Å². The topological polar surface area (TPSA) is 92.4 Å². The zero-order valence-corrected chi connectivity index (χ0v) is 12.3. The number of anilines is 1. The summed E-state index contributed by atoms with van der Waals surface area (Å²) in [5.41, 5.74) is 1.48. The fourth-order valence-corrected chi connectivity index (χ4v) is 3.54. The molecule has 7 heteroatoms. The van der Waals surface area contributed by atoms with E-state index in [9.17, 15) is 13.5 Å². The van der Waals surface area contributed by atoms with Crippen molar-refractivity contribution >= 4 is 15.7 Å². The summed E-state index contributed by atoms with van der Waals surface area (Å²) in [6.07, 6.45) is 3.05. The summed E-state index contributed by atoms with van der Waals surface area (Å²) >= 11 is 0. The summed E-state index contributed by atoms with van der Waals surface area (Å²) in [4.78, 5) is 3.92. The number of aliphatic hydroxyl groups excluding tert-OH is 1. The van der Waals surface area contributed by atoms with Crippen LogP contribution in [0.2, 0.25) is 0 Å². The summed E-state index contributed by atoms with van der Waals surface area (Å²) < 4.78 is 32.6. The number of aliphatic hydroxyl groups is 1. The molecule has 0 fully saturated rings. The average Bonchev–Trinajstić information content (AvgIpc) is 2.63. The monoisotopic (exact) mass is 296 g/mol. The van der Waals surface area contributed by atoms with Crippen molar-refractivity contribution in [3.63, 3.8) is 0 Å². The maximum atomic E-state index is 12.4. The molecule has 0 aliphatic heterocycles. The molecule has 0 aliphatic rings. The molecular formula is C13H16N2O4S. The molecule has 0 bridgehead atoms. The third kappa shape index (κ3) is 2.68. The highest BCUT2D eigenvalue weighted by molar-refractivity contribution is 7.92. The Labute approximate surface area is 117 Å². The minimum Gasteiger partial charge on any atom is -0.465 e. The van der Waals surface area contributed by atoms with Crippen LogP contribution < -0.4 is 4.72 Å². The lowest BCUT2D eigenvalue weighted by Gasteiger charge is -2.08. The van der Waals surface area contributed by atoms with Gasteiger partial charge in [0.05, 0.1) is 18.5 Å². The number of pyridine rings is 1. The van der Waals surface area contributed by atoms with Crippen LogP contribution in [0.15, 0.2) is 27.8 Å². The van der Waals surface area contributed by atoms with Gasteiger partial charge < -0.3 is 9.52 Å². The fourth-order valence-electron chi connectivity index (χ4n) is 2.06. The van der Waals surface area contributed by atoms with E-state index in [1.54, 1.807) is 26.1 Å². The van der Waals surface area contributed by atoms with Gasteiger partial charge in [0.25, 0.3) is 10.0 Å². The second kappa shape index (κ2) is 5.26. The highest BCUT2D eigenvalue weighted by Gasteiger charge is 2.26. The number of nitrogens with zero attached hydrogens (tertiary/aromatic N) is 1. The minimum atomic E-state index is -3.83. The number of aromatic nitrogens is 1. The SMILES string of the molecule is Cc1cncc(NS(=O)(=O)c2c(C)oc(C)c2CO)c1. The Morgan fingerprint density at radius 2 is 1.95 bits per heavy atom. The first kappa shape index (κ1) is 14.5. The third-order valence-corrected chi connectivity index (χ3v) is 4.45. The van der Waals surface area contributed by atoms with Crippen molar-refractivity contribution in [3.05, 3.63) is 41.1 Å². The van der Waals surface area contributed by atoms with Gasteiger partial charge in [-0.2, -0.15) is 0 Å². The average molecular weight is 296 g/mol. The van der Waals surface area contributed by atoms with Crippen molar-refractivity contribution in [1.29, 1.82) is 0 Å². The molecule has 0 amide bonds. The largest absolute Gasteiger partial charge is 0.465 e. The normalized spacial score (nSPS) is 11.6. The lowest BCUT2D eigenvalue weighted by atomic mass is 10.2. The lowest BCUT2D eigenvalue weighted by Crippen LogP contribution is -2.15. The van der Waals surface area contributed by atoms with Crippen molar-refractivity contribution in [2.75, 3.05) is 4.72 Å². The van der Waals surface area contributed by atoms with E-state index in [0.717, 1.165) is 5.56 Å². The maximum Gasteiger partial charge on any atom is 0.265 e. The smallest absolute Gasteiger partial charge is 0.265 e. The summed E-state index contributed by atoms with van der Waals surface area (Å²) in [5, 5.41) is 9.32. The van der Waals surface area contributed by atoms with Crippen molar-refractivity contribution in [2.45, 2.75) is 32.3 Å². The molecule has 0 unspecified atom stereocenters. The lowest BCUT2D eigenvalue weighted by molar-refractivity contribution is 0.276. The maximum absolute atomic E-state index is 12.4. The van der Waals surface area contributed by atoms with E-state index in [1.807, 2.05) is 6.92 Å². The van der Waals surface area contributed by atoms with Crippen molar-refractivity contribution in [1.82, 2.24) is 4.98 Å². The molecule has 0 saturated heterocycles. The van der Waals surface area contributed by atoms with Crippen LogP contribution >= 0.6 is 0 Å².